The highest BCUT2D eigenvalue weighted by molar-refractivity contribution is 7.90. The molecule has 0 unspecified atom stereocenters. The highest BCUT2D eigenvalue weighted by Gasteiger charge is 2.22. The molecule has 0 radical (unpaired) electrons. The topological polar surface area (TPSA) is 110 Å². The molecule has 0 aromatic carbocycles. The summed E-state index contributed by atoms with van der Waals surface area (Å²) in [6, 6.07) is 0. The minimum Gasteiger partial charge on any atom is -0.417 e. The molecular weight excluding hydrogens is 463 g/mol. The van der Waals surface area contributed by atoms with Crippen LogP contribution >= 0.6 is 0 Å². The molecule has 0 bridgehead atoms. The number of aliphatic hydroxyl groups is 1. The first-order valence-corrected chi connectivity index (χ1v) is 23.4. The van der Waals surface area contributed by atoms with Gasteiger partial charge in [-0.3, -0.25) is 0 Å². The Balaban J connectivity index is -0.0000000983. The van der Waals surface area contributed by atoms with Crippen molar-refractivity contribution in [3.05, 3.63) is 0 Å². The number of hydrogen-bond acceptors (Lipinski definition) is 7. The predicted octanol–water partition coefficient (Wildman–Crippen LogP) is 3.42. The van der Waals surface area contributed by atoms with Crippen molar-refractivity contribution in [2.45, 2.75) is 73.8 Å². The van der Waals surface area contributed by atoms with Crippen molar-refractivity contribution in [1.82, 2.24) is 4.65 Å². The highest BCUT2D eigenvalue weighted by atomic mass is 32.2. The van der Waals surface area contributed by atoms with Gasteiger partial charge >= 0.3 is 0 Å². The molecule has 0 saturated carbocycles. The Bertz CT molecular complexity index is 578. The van der Waals surface area contributed by atoms with Gasteiger partial charge in [-0.1, -0.05) is 54.1 Å². The molecule has 0 aromatic rings. The molecule has 0 amide bonds. The van der Waals surface area contributed by atoms with Gasteiger partial charge in [0.1, 0.15) is 36.1 Å². The van der Waals surface area contributed by atoms with E-state index in [1.807, 2.05) is 19.6 Å². The number of rotatable bonds is 8. The lowest BCUT2D eigenvalue weighted by Gasteiger charge is -2.28. The van der Waals surface area contributed by atoms with Gasteiger partial charge in [-0.25, -0.2) is 16.8 Å². The first-order valence-electron chi connectivity index (χ1n) is 8.87. The molecule has 29 heavy (non-hydrogen) atoms. The maximum absolute atomic E-state index is 10.7. The largest absolute Gasteiger partial charge is 0.417 e. The summed E-state index contributed by atoms with van der Waals surface area (Å²) in [6.45, 7) is 20.3. The molecule has 0 aliphatic carbocycles. The van der Waals surface area contributed by atoms with Crippen LogP contribution in [0.3, 0.4) is 0 Å². The lowest BCUT2D eigenvalue weighted by atomic mass is 10.9. The van der Waals surface area contributed by atoms with E-state index >= 15 is 0 Å². The Morgan fingerprint density at radius 1 is 0.724 bits per heavy atom. The van der Waals surface area contributed by atoms with Crippen molar-refractivity contribution >= 4 is 44.5 Å². The van der Waals surface area contributed by atoms with E-state index in [0.717, 1.165) is 6.26 Å². The van der Waals surface area contributed by atoms with E-state index in [1.54, 1.807) is 0 Å². The van der Waals surface area contributed by atoms with Crippen LogP contribution in [0.5, 0.6) is 0 Å². The molecule has 0 spiro atoms. The number of hydrogen-bond donors (Lipinski definition) is 2. The van der Waals surface area contributed by atoms with E-state index in [9.17, 15) is 16.8 Å². The second-order valence-electron chi connectivity index (χ2n) is 9.57. The Hall–Kier alpha value is 0.431. The molecule has 184 valence electrons. The third-order valence-corrected chi connectivity index (χ3v) is 11.1. The Kier molecular flexibility index (Phi) is 22.2. The summed E-state index contributed by atoms with van der Waals surface area (Å²) in [4.78, 5) is 0. The minimum atomic E-state index is -2.92. The number of sulfone groups is 2. The first-order chi connectivity index (χ1) is 11.5. The fourth-order valence-electron chi connectivity index (χ4n) is 1.79. The molecule has 0 aromatic heterocycles. The van der Waals surface area contributed by atoms with Crippen molar-refractivity contribution < 1.29 is 26.4 Å². The Morgan fingerprint density at radius 3 is 1.14 bits per heavy atom. The minimum absolute atomic E-state index is 0. The average molecular weight is 514 g/mol. The van der Waals surface area contributed by atoms with Crippen LogP contribution < -0.4 is 4.65 Å². The molecule has 0 heterocycles. The van der Waals surface area contributed by atoms with Crippen molar-refractivity contribution in [3.8, 4) is 0 Å². The lowest BCUT2D eigenvalue weighted by molar-refractivity contribution is 0.320. The lowest BCUT2D eigenvalue weighted by Crippen LogP contribution is -2.55. The molecular formula is C17H51NO6S2Si3. The fourth-order valence-corrected chi connectivity index (χ4v) is 12.4. The maximum atomic E-state index is 10.7. The monoisotopic (exact) mass is 513 g/mol. The Morgan fingerprint density at radius 2 is 1.03 bits per heavy atom. The first kappa shape index (κ1) is 39.9. The van der Waals surface area contributed by atoms with Crippen molar-refractivity contribution in [1.29, 1.82) is 0 Å². The zero-order valence-corrected chi connectivity index (χ0v) is 23.8. The molecule has 12 heteroatoms. The van der Waals surface area contributed by atoms with E-state index in [4.69, 9.17) is 9.53 Å². The predicted molar refractivity (Wildman–Crippen MR) is 139 cm³/mol. The summed E-state index contributed by atoms with van der Waals surface area (Å²) in [7, 11) is -9.26. The molecule has 2 N–H and O–H groups in total. The maximum Gasteiger partial charge on any atom is 0.183 e. The van der Waals surface area contributed by atoms with Gasteiger partial charge in [-0.05, 0) is 19.6 Å². The molecule has 0 rings (SSSR count). The van der Waals surface area contributed by atoms with Crippen LogP contribution in [0, 0.1) is 0 Å². The standard InChI is InChI=1S/C6H19NSi2.C6H16O3SSi.C3H8O3S.2CH4/c1-8(2,3)7-9(4,5)6;1-10(7,8)6-5-9-11(2,3)4;1-7(5,6)3-2-4;;/h7H,1-6H3;5-6H2,1-4H3;4H,2-3H2,1H3;2*1H4. The summed E-state index contributed by atoms with van der Waals surface area (Å²) >= 11 is 0. The van der Waals surface area contributed by atoms with Crippen LogP contribution in [0.1, 0.15) is 14.9 Å². The second kappa shape index (κ2) is 16.1. The molecule has 0 saturated heterocycles. The van der Waals surface area contributed by atoms with Gasteiger partial charge in [-0.15, -0.1) is 0 Å². The van der Waals surface area contributed by atoms with E-state index in [-0.39, 0.29) is 33.0 Å². The van der Waals surface area contributed by atoms with E-state index in [1.165, 1.54) is 6.26 Å². The second-order valence-corrected chi connectivity index (χ2v) is 28.6. The molecule has 0 atom stereocenters. The normalized spacial score (nSPS) is 12.3. The van der Waals surface area contributed by atoms with Gasteiger partial charge in [0.15, 0.2) is 8.32 Å². The summed E-state index contributed by atoms with van der Waals surface area (Å²) < 4.78 is 50.5. The highest BCUT2D eigenvalue weighted by Crippen LogP contribution is 2.03. The summed E-state index contributed by atoms with van der Waals surface area (Å²) in [5.41, 5.74) is 0. The zero-order chi connectivity index (χ0) is 22.7. The van der Waals surface area contributed by atoms with Gasteiger partial charge in [0.25, 0.3) is 0 Å². The van der Waals surface area contributed by atoms with Crippen molar-refractivity contribution in [2.24, 2.45) is 0 Å². The van der Waals surface area contributed by atoms with Crippen LogP contribution in [-0.4, -0.2) is 84.0 Å². The van der Waals surface area contributed by atoms with E-state index in [0.29, 0.717) is 6.61 Å². The molecule has 0 aliphatic heterocycles. The SMILES string of the molecule is C.C.CS(=O)(=O)CCO.C[Si](C)(C)N[Si](C)(C)C.C[Si](C)(C)OCCS(C)(=O)=O. The molecule has 0 fully saturated rings. The van der Waals surface area contributed by atoms with Crippen LogP contribution in [0.4, 0.5) is 0 Å². The Labute approximate surface area is 186 Å². The quantitative estimate of drug-likeness (QED) is 0.478. The van der Waals surface area contributed by atoms with Crippen molar-refractivity contribution in [3.63, 3.8) is 0 Å². The molecule has 7 nitrogen and oxygen atoms in total. The van der Waals surface area contributed by atoms with Gasteiger partial charge in [0.2, 0.25) is 0 Å². The fraction of sp³-hybridized carbons (Fsp3) is 1.00. The molecule has 0 aliphatic rings. The van der Waals surface area contributed by atoms with Crippen molar-refractivity contribution in [2.75, 3.05) is 37.2 Å². The van der Waals surface area contributed by atoms with Crippen LogP contribution in [0.25, 0.3) is 0 Å². The van der Waals surface area contributed by atoms with E-state index < -0.39 is 44.5 Å². The van der Waals surface area contributed by atoms with Gasteiger partial charge < -0.3 is 14.2 Å². The van der Waals surface area contributed by atoms with Crippen LogP contribution in [-0.2, 0) is 24.1 Å². The smallest absolute Gasteiger partial charge is 0.183 e. The summed E-state index contributed by atoms with van der Waals surface area (Å²) in [5.74, 6) is 0.00424. The summed E-state index contributed by atoms with van der Waals surface area (Å²) in [6.07, 6.45) is 2.31. The van der Waals surface area contributed by atoms with Crippen LogP contribution in [0.15, 0.2) is 0 Å². The number of aliphatic hydroxyl groups excluding tert-OH is 1. The third kappa shape index (κ3) is 58.5. The number of nitrogens with one attached hydrogen (secondary N) is 1. The van der Waals surface area contributed by atoms with E-state index in [2.05, 4.69) is 43.9 Å². The average Bonchev–Trinajstić information content (AvgIpc) is 2.18. The van der Waals surface area contributed by atoms with Crippen LogP contribution in [0.2, 0.25) is 58.9 Å². The van der Waals surface area contributed by atoms with Gasteiger partial charge in [0, 0.05) is 19.1 Å². The third-order valence-electron chi connectivity index (χ3n) is 2.20. The van der Waals surface area contributed by atoms with Gasteiger partial charge in [0.05, 0.1) is 18.1 Å². The summed E-state index contributed by atoms with van der Waals surface area (Å²) in [5, 5.41) is 8.02. The van der Waals surface area contributed by atoms with Gasteiger partial charge in [-0.2, -0.15) is 0 Å². The zero-order valence-electron chi connectivity index (χ0n) is 19.1.